The smallest absolute Gasteiger partial charge is 0.197 e. The standard InChI is InChI=1S/C24H26ClNO6/c1-26-8-7-14(17(26)12-27)22-20(30-3)11-21(31-4)23-18(28)10-19(32-24(22)23)15-9-13(29-2)5-6-16(15)25/h5-6,9-11,14,17,27H,7-8,12H2,1-4H3. The van der Waals surface area contributed by atoms with Crippen molar-refractivity contribution in [1.82, 2.24) is 4.90 Å². The zero-order chi connectivity index (χ0) is 23.0. The second kappa shape index (κ2) is 9.02. The zero-order valence-corrected chi connectivity index (χ0v) is 19.2. The van der Waals surface area contributed by atoms with Gasteiger partial charge in [-0.1, -0.05) is 11.6 Å². The fourth-order valence-electron chi connectivity index (χ4n) is 4.54. The number of halogens is 1. The molecule has 0 saturated carbocycles. The first-order valence-corrected chi connectivity index (χ1v) is 10.7. The molecule has 2 aromatic carbocycles. The Labute approximate surface area is 191 Å². The molecule has 3 aromatic rings. The van der Waals surface area contributed by atoms with E-state index in [4.69, 9.17) is 30.2 Å². The second-order valence-electron chi connectivity index (χ2n) is 7.85. The highest BCUT2D eigenvalue weighted by Crippen LogP contribution is 2.45. The molecule has 2 heterocycles. The van der Waals surface area contributed by atoms with E-state index in [-0.39, 0.29) is 24.0 Å². The summed E-state index contributed by atoms with van der Waals surface area (Å²) in [6, 6.07) is 8.15. The van der Waals surface area contributed by atoms with Crippen LogP contribution >= 0.6 is 11.6 Å². The molecule has 7 nitrogen and oxygen atoms in total. The van der Waals surface area contributed by atoms with Crippen molar-refractivity contribution in [2.75, 3.05) is 41.5 Å². The van der Waals surface area contributed by atoms with Crippen LogP contribution in [0.5, 0.6) is 17.2 Å². The lowest BCUT2D eigenvalue weighted by atomic mass is 9.89. The maximum absolute atomic E-state index is 13.3. The van der Waals surface area contributed by atoms with E-state index in [0.29, 0.717) is 44.6 Å². The molecular weight excluding hydrogens is 434 g/mol. The number of nitrogens with zero attached hydrogens (tertiary/aromatic N) is 1. The predicted octanol–water partition coefficient (Wildman–Crippen LogP) is 3.92. The van der Waals surface area contributed by atoms with Gasteiger partial charge in [0.05, 0.1) is 33.0 Å². The van der Waals surface area contributed by atoms with Gasteiger partial charge in [-0.05, 0) is 38.2 Å². The van der Waals surface area contributed by atoms with Crippen molar-refractivity contribution in [3.63, 3.8) is 0 Å². The van der Waals surface area contributed by atoms with Crippen molar-refractivity contribution in [1.29, 1.82) is 0 Å². The van der Waals surface area contributed by atoms with Crippen LogP contribution in [0.3, 0.4) is 0 Å². The summed E-state index contributed by atoms with van der Waals surface area (Å²) < 4.78 is 22.9. The molecule has 8 heteroatoms. The van der Waals surface area contributed by atoms with Gasteiger partial charge in [0.2, 0.25) is 0 Å². The number of hydrogen-bond acceptors (Lipinski definition) is 7. The third-order valence-electron chi connectivity index (χ3n) is 6.23. The van der Waals surface area contributed by atoms with E-state index in [2.05, 4.69) is 4.90 Å². The molecular formula is C24H26ClNO6. The fourth-order valence-corrected chi connectivity index (χ4v) is 4.75. The van der Waals surface area contributed by atoms with Crippen LogP contribution in [0.25, 0.3) is 22.3 Å². The van der Waals surface area contributed by atoms with Gasteiger partial charge in [0, 0.05) is 35.2 Å². The Balaban J connectivity index is 2.06. The van der Waals surface area contributed by atoms with Crippen LogP contribution in [0.2, 0.25) is 5.02 Å². The van der Waals surface area contributed by atoms with Gasteiger partial charge in [-0.2, -0.15) is 0 Å². The van der Waals surface area contributed by atoms with Gasteiger partial charge < -0.3 is 28.6 Å². The van der Waals surface area contributed by atoms with Crippen molar-refractivity contribution < 1.29 is 23.7 Å². The predicted molar refractivity (Wildman–Crippen MR) is 123 cm³/mol. The molecule has 170 valence electrons. The quantitative estimate of drug-likeness (QED) is 0.598. The highest BCUT2D eigenvalue weighted by atomic mass is 35.5. The number of aliphatic hydroxyl groups is 1. The van der Waals surface area contributed by atoms with E-state index < -0.39 is 0 Å². The molecule has 2 atom stereocenters. The molecule has 0 spiro atoms. The summed E-state index contributed by atoms with van der Waals surface area (Å²) in [5.74, 6) is 1.73. The van der Waals surface area contributed by atoms with Gasteiger partial charge in [-0.3, -0.25) is 4.79 Å². The average Bonchev–Trinajstić information content (AvgIpc) is 3.17. The SMILES string of the molecule is COc1ccc(Cl)c(-c2cc(=O)c3c(OC)cc(OC)c(C4CCN(C)C4CO)c3o2)c1. The number of benzene rings is 2. The number of aliphatic hydroxyl groups excluding tert-OH is 1. The van der Waals surface area contributed by atoms with E-state index >= 15 is 0 Å². The van der Waals surface area contributed by atoms with E-state index in [1.165, 1.54) is 13.2 Å². The number of fused-ring (bicyclic) bond motifs is 1. The lowest BCUT2D eigenvalue weighted by Crippen LogP contribution is -2.32. The molecule has 1 fully saturated rings. The summed E-state index contributed by atoms with van der Waals surface area (Å²) in [7, 11) is 6.59. The molecule has 0 amide bonds. The Morgan fingerprint density at radius 3 is 2.53 bits per heavy atom. The first kappa shape index (κ1) is 22.5. The number of hydrogen-bond donors (Lipinski definition) is 1. The monoisotopic (exact) mass is 459 g/mol. The summed E-state index contributed by atoms with van der Waals surface area (Å²) in [5.41, 5.74) is 1.40. The minimum absolute atomic E-state index is 0.0243. The van der Waals surface area contributed by atoms with Crippen molar-refractivity contribution in [3.05, 3.63) is 51.1 Å². The molecule has 0 aliphatic carbocycles. The van der Waals surface area contributed by atoms with Crippen LogP contribution in [-0.2, 0) is 0 Å². The van der Waals surface area contributed by atoms with Gasteiger partial charge in [0.15, 0.2) is 5.43 Å². The topological polar surface area (TPSA) is 81.4 Å². The minimum atomic E-state index is -0.257. The zero-order valence-electron chi connectivity index (χ0n) is 18.5. The highest BCUT2D eigenvalue weighted by Gasteiger charge is 2.37. The maximum Gasteiger partial charge on any atom is 0.197 e. The lowest BCUT2D eigenvalue weighted by molar-refractivity contribution is 0.171. The highest BCUT2D eigenvalue weighted by molar-refractivity contribution is 6.33. The molecule has 1 aliphatic heterocycles. The van der Waals surface area contributed by atoms with Gasteiger partial charge in [0.1, 0.15) is 34.0 Å². The molecule has 1 aliphatic rings. The van der Waals surface area contributed by atoms with Gasteiger partial charge >= 0.3 is 0 Å². The first-order valence-electron chi connectivity index (χ1n) is 10.3. The summed E-state index contributed by atoms with van der Waals surface area (Å²) in [6.45, 7) is 0.779. The second-order valence-corrected chi connectivity index (χ2v) is 8.25. The number of likely N-dealkylation sites (tertiary alicyclic amines) is 1. The van der Waals surface area contributed by atoms with Gasteiger partial charge in [-0.25, -0.2) is 0 Å². The Morgan fingerprint density at radius 2 is 1.88 bits per heavy atom. The number of methoxy groups -OCH3 is 3. The molecule has 0 radical (unpaired) electrons. The van der Waals surface area contributed by atoms with Crippen molar-refractivity contribution in [2.45, 2.75) is 18.4 Å². The fraction of sp³-hybridized carbons (Fsp3) is 0.375. The van der Waals surface area contributed by atoms with Crippen LogP contribution in [0.4, 0.5) is 0 Å². The van der Waals surface area contributed by atoms with E-state index in [1.54, 1.807) is 38.5 Å². The van der Waals surface area contributed by atoms with Crippen LogP contribution in [0.15, 0.2) is 39.5 Å². The van der Waals surface area contributed by atoms with Crippen molar-refractivity contribution in [3.8, 4) is 28.6 Å². The molecule has 1 N–H and O–H groups in total. The average molecular weight is 460 g/mol. The minimum Gasteiger partial charge on any atom is -0.497 e. The normalized spacial score (nSPS) is 18.8. The molecule has 32 heavy (non-hydrogen) atoms. The number of ether oxygens (including phenoxy) is 3. The van der Waals surface area contributed by atoms with E-state index in [0.717, 1.165) is 18.5 Å². The molecule has 0 bridgehead atoms. The van der Waals surface area contributed by atoms with Crippen LogP contribution < -0.4 is 19.6 Å². The largest absolute Gasteiger partial charge is 0.497 e. The van der Waals surface area contributed by atoms with Gasteiger partial charge in [-0.15, -0.1) is 0 Å². The molecule has 1 saturated heterocycles. The Bertz CT molecular complexity index is 1210. The summed E-state index contributed by atoms with van der Waals surface area (Å²) in [6.07, 6.45) is 0.785. The van der Waals surface area contributed by atoms with Crippen LogP contribution in [-0.4, -0.2) is 57.6 Å². The molecule has 1 aromatic heterocycles. The third-order valence-corrected chi connectivity index (χ3v) is 6.56. The molecule has 2 unspecified atom stereocenters. The number of likely N-dealkylation sites (N-methyl/N-ethyl adjacent to an activating group) is 1. The summed E-state index contributed by atoms with van der Waals surface area (Å²) in [4.78, 5) is 15.4. The van der Waals surface area contributed by atoms with Crippen molar-refractivity contribution in [2.24, 2.45) is 0 Å². The van der Waals surface area contributed by atoms with Crippen LogP contribution in [0, 0.1) is 0 Å². The summed E-state index contributed by atoms with van der Waals surface area (Å²) in [5, 5.41) is 10.8. The summed E-state index contributed by atoms with van der Waals surface area (Å²) >= 11 is 6.43. The van der Waals surface area contributed by atoms with Gasteiger partial charge in [0.25, 0.3) is 0 Å². The van der Waals surface area contributed by atoms with Crippen LogP contribution in [0.1, 0.15) is 17.9 Å². The lowest BCUT2D eigenvalue weighted by Gasteiger charge is -2.25. The Hall–Kier alpha value is -2.74. The third kappa shape index (κ3) is 3.70. The van der Waals surface area contributed by atoms with E-state index in [1.807, 2.05) is 7.05 Å². The van der Waals surface area contributed by atoms with Crippen molar-refractivity contribution >= 4 is 22.6 Å². The number of rotatable bonds is 6. The maximum atomic E-state index is 13.3. The van der Waals surface area contributed by atoms with E-state index in [9.17, 15) is 9.90 Å². The Morgan fingerprint density at radius 1 is 1.12 bits per heavy atom. The first-order chi connectivity index (χ1) is 15.4. The Kier molecular flexibility index (Phi) is 6.33. The molecule has 4 rings (SSSR count).